The number of hydrogen-bond acceptors (Lipinski definition) is 8. The first-order valence-electron chi connectivity index (χ1n) is 12.6. The lowest BCUT2D eigenvalue weighted by atomic mass is 10.0. The molecule has 222 valence electrons. The second-order valence-electron chi connectivity index (χ2n) is 9.19. The largest absolute Gasteiger partial charge is 0.492 e. The van der Waals surface area contributed by atoms with Crippen molar-refractivity contribution in [3.63, 3.8) is 0 Å². The van der Waals surface area contributed by atoms with Crippen LogP contribution in [0.4, 0.5) is 24.8 Å². The number of benzene rings is 2. The van der Waals surface area contributed by atoms with Gasteiger partial charge < -0.3 is 20.7 Å². The molecule has 2 aromatic heterocycles. The summed E-state index contributed by atoms with van der Waals surface area (Å²) in [7, 11) is -3.22. The van der Waals surface area contributed by atoms with Crippen LogP contribution < -0.4 is 20.7 Å². The summed E-state index contributed by atoms with van der Waals surface area (Å²) in [5.74, 6) is -0.899. The third-order valence-corrected chi connectivity index (χ3v) is 6.73. The van der Waals surface area contributed by atoms with E-state index in [1.54, 1.807) is 49.5 Å². The molecular weight excluding hydrogens is 577 g/mol. The molecule has 0 aliphatic heterocycles. The van der Waals surface area contributed by atoms with E-state index in [0.717, 1.165) is 6.26 Å². The van der Waals surface area contributed by atoms with Gasteiger partial charge >= 0.3 is 6.18 Å². The van der Waals surface area contributed by atoms with Crippen molar-refractivity contribution in [3.8, 4) is 16.9 Å². The molecule has 0 spiro atoms. The second kappa shape index (κ2) is 12.5. The molecule has 3 N–H and O–H groups in total. The van der Waals surface area contributed by atoms with Gasteiger partial charge in [-0.05, 0) is 55.0 Å². The summed E-state index contributed by atoms with van der Waals surface area (Å²) in [6.45, 7) is 0.638. The van der Waals surface area contributed by atoms with E-state index in [2.05, 4.69) is 20.7 Å². The van der Waals surface area contributed by atoms with E-state index < -0.39 is 34.4 Å². The molecule has 0 bridgehead atoms. The molecule has 0 aliphatic rings. The third kappa shape index (κ3) is 8.19. The molecule has 11 nitrogen and oxygen atoms in total. The molecule has 0 aliphatic carbocycles. The van der Waals surface area contributed by atoms with Crippen LogP contribution in [0.5, 0.6) is 5.75 Å². The highest BCUT2D eigenvalue weighted by atomic mass is 32.2. The normalized spacial score (nSPS) is 11.7. The van der Waals surface area contributed by atoms with E-state index in [1.807, 2.05) is 5.32 Å². The zero-order valence-corrected chi connectivity index (χ0v) is 23.3. The van der Waals surface area contributed by atoms with Gasteiger partial charge in [0.1, 0.15) is 22.1 Å². The molecule has 2 aromatic carbocycles. The lowest BCUT2D eigenvalue weighted by Crippen LogP contribution is -2.33. The third-order valence-electron chi connectivity index (χ3n) is 5.79. The summed E-state index contributed by atoms with van der Waals surface area (Å²) in [6.07, 6.45) is -1.77. The summed E-state index contributed by atoms with van der Waals surface area (Å²) in [6, 6.07) is 14.3. The van der Waals surface area contributed by atoms with Gasteiger partial charge in [-0.1, -0.05) is 12.1 Å². The lowest BCUT2D eigenvalue weighted by Gasteiger charge is -2.12. The van der Waals surface area contributed by atoms with Crippen molar-refractivity contribution in [2.45, 2.75) is 13.1 Å². The highest BCUT2D eigenvalue weighted by molar-refractivity contribution is 7.90. The highest BCUT2D eigenvalue weighted by Gasteiger charge is 2.28. The van der Waals surface area contributed by atoms with E-state index >= 15 is 0 Å². The van der Waals surface area contributed by atoms with Crippen molar-refractivity contribution < 1.29 is 35.9 Å². The minimum absolute atomic E-state index is 0.0235. The number of halogens is 3. The zero-order valence-electron chi connectivity index (χ0n) is 22.5. The smallest absolute Gasteiger partial charge is 0.405 e. The van der Waals surface area contributed by atoms with E-state index in [0.29, 0.717) is 34.8 Å². The molecule has 0 atom stereocenters. The van der Waals surface area contributed by atoms with Crippen LogP contribution in [0.15, 0.2) is 60.8 Å². The molecule has 0 radical (unpaired) electrons. The number of carbonyl (C=O) groups excluding carboxylic acids is 2. The SMILES string of the molecule is CCOc1cc(C(=O)NCCS(C)(=O)=O)ccc1Nc1nc2ccc(-c3cccc(C(=O)NCC(F)(F)F)c3)cn2n1. The van der Waals surface area contributed by atoms with Crippen molar-refractivity contribution >= 4 is 38.9 Å². The van der Waals surface area contributed by atoms with Gasteiger partial charge in [0.05, 0.1) is 18.0 Å². The Morgan fingerprint density at radius 3 is 2.43 bits per heavy atom. The van der Waals surface area contributed by atoms with Crippen LogP contribution in [0, 0.1) is 0 Å². The quantitative estimate of drug-likeness (QED) is 0.236. The van der Waals surface area contributed by atoms with Crippen LogP contribution in [0.1, 0.15) is 27.6 Å². The Balaban J connectivity index is 1.51. The molecule has 42 heavy (non-hydrogen) atoms. The van der Waals surface area contributed by atoms with Crippen molar-refractivity contribution in [1.29, 1.82) is 0 Å². The van der Waals surface area contributed by atoms with Crippen LogP contribution >= 0.6 is 0 Å². The fourth-order valence-corrected chi connectivity index (χ4v) is 4.32. The van der Waals surface area contributed by atoms with Gasteiger partial charge in [-0.25, -0.2) is 12.9 Å². The van der Waals surface area contributed by atoms with E-state index in [4.69, 9.17) is 4.74 Å². The lowest BCUT2D eigenvalue weighted by molar-refractivity contribution is -0.123. The summed E-state index contributed by atoms with van der Waals surface area (Å²) in [5.41, 5.74) is 2.56. The Morgan fingerprint density at radius 2 is 1.71 bits per heavy atom. The van der Waals surface area contributed by atoms with Crippen LogP contribution in [0.25, 0.3) is 16.8 Å². The highest BCUT2D eigenvalue weighted by Crippen LogP contribution is 2.29. The average molecular weight is 605 g/mol. The van der Waals surface area contributed by atoms with Gasteiger partial charge in [0, 0.05) is 35.7 Å². The maximum Gasteiger partial charge on any atom is 0.405 e. The Morgan fingerprint density at radius 1 is 0.976 bits per heavy atom. The van der Waals surface area contributed by atoms with E-state index in [-0.39, 0.29) is 29.4 Å². The van der Waals surface area contributed by atoms with Gasteiger partial charge in [0.15, 0.2) is 5.65 Å². The summed E-state index contributed by atoms with van der Waals surface area (Å²) in [5, 5.41) is 11.9. The van der Waals surface area contributed by atoms with Crippen LogP contribution in [0.3, 0.4) is 0 Å². The monoisotopic (exact) mass is 604 g/mol. The van der Waals surface area contributed by atoms with Gasteiger partial charge in [-0.2, -0.15) is 18.2 Å². The number of rotatable bonds is 11. The number of nitrogens with one attached hydrogen (secondary N) is 3. The number of pyridine rings is 1. The van der Waals surface area contributed by atoms with Crippen molar-refractivity contribution in [2.24, 2.45) is 0 Å². The number of fused-ring (bicyclic) bond motifs is 1. The first-order chi connectivity index (χ1) is 19.8. The van der Waals surface area contributed by atoms with Crippen molar-refractivity contribution in [3.05, 3.63) is 71.9 Å². The molecule has 0 fully saturated rings. The topological polar surface area (TPSA) is 144 Å². The first kappa shape index (κ1) is 30.3. The standard InChI is InChI=1S/C27H27F3N6O5S/c1-3-41-22-14-19(24(37)31-11-12-42(2,39)40)7-9-21(22)33-26-34-23-10-8-20(15-36(23)35-26)17-5-4-6-18(13-17)25(38)32-16-27(28,29)30/h4-10,13-15H,3,11-12,16H2,1-2H3,(H,31,37)(H,32,38)(H,33,35). The Labute approximate surface area is 239 Å². The van der Waals surface area contributed by atoms with Gasteiger partial charge in [-0.15, -0.1) is 5.10 Å². The van der Waals surface area contributed by atoms with Crippen LogP contribution in [-0.2, 0) is 9.84 Å². The van der Waals surface area contributed by atoms with Gasteiger partial charge in [-0.3, -0.25) is 9.59 Å². The van der Waals surface area contributed by atoms with Gasteiger partial charge in [0.25, 0.3) is 11.8 Å². The van der Waals surface area contributed by atoms with E-state index in [9.17, 15) is 31.2 Å². The molecule has 0 saturated heterocycles. The number of carbonyl (C=O) groups is 2. The Bertz CT molecular complexity index is 1720. The van der Waals surface area contributed by atoms with Crippen LogP contribution in [-0.4, -0.2) is 72.7 Å². The fourth-order valence-electron chi connectivity index (χ4n) is 3.84. The summed E-state index contributed by atoms with van der Waals surface area (Å²) < 4.78 is 67.2. The number of sulfone groups is 1. The second-order valence-corrected chi connectivity index (χ2v) is 11.4. The number of alkyl halides is 3. The molecule has 4 rings (SSSR count). The molecule has 0 saturated carbocycles. The van der Waals surface area contributed by atoms with Crippen molar-refractivity contribution in [2.75, 3.05) is 37.0 Å². The van der Waals surface area contributed by atoms with Crippen LogP contribution in [0.2, 0.25) is 0 Å². The molecular formula is C27H27F3N6O5S. The van der Waals surface area contributed by atoms with Gasteiger partial charge in [0.2, 0.25) is 5.95 Å². The molecule has 4 aromatic rings. The van der Waals surface area contributed by atoms with E-state index in [1.165, 1.54) is 22.7 Å². The predicted octanol–water partition coefficient (Wildman–Crippen LogP) is 3.61. The number of amides is 2. The molecule has 2 amide bonds. The number of anilines is 2. The van der Waals surface area contributed by atoms with Crippen molar-refractivity contribution in [1.82, 2.24) is 25.2 Å². The number of ether oxygens (including phenoxy) is 1. The Kier molecular flexibility index (Phi) is 8.99. The number of hydrogen-bond donors (Lipinski definition) is 3. The summed E-state index contributed by atoms with van der Waals surface area (Å²) in [4.78, 5) is 29.1. The maximum atomic E-state index is 12.5. The Hall–Kier alpha value is -4.66. The minimum atomic E-state index is -4.52. The fraction of sp³-hybridized carbons (Fsp3) is 0.259. The molecule has 15 heteroatoms. The zero-order chi connectivity index (χ0) is 30.5. The predicted molar refractivity (Wildman–Crippen MR) is 150 cm³/mol. The summed E-state index contributed by atoms with van der Waals surface area (Å²) >= 11 is 0. The minimum Gasteiger partial charge on any atom is -0.492 e. The first-order valence-corrected chi connectivity index (χ1v) is 14.7. The number of aromatic nitrogens is 3. The molecule has 2 heterocycles. The maximum absolute atomic E-state index is 12.5. The molecule has 0 unspecified atom stereocenters. The average Bonchev–Trinajstić information content (AvgIpc) is 3.33. The number of nitrogens with zero attached hydrogens (tertiary/aromatic N) is 3.